The summed E-state index contributed by atoms with van der Waals surface area (Å²) in [4.78, 5) is 13.3. The van der Waals surface area contributed by atoms with Gasteiger partial charge in [-0.25, -0.2) is 0 Å². The van der Waals surface area contributed by atoms with Crippen LogP contribution in [0, 0.1) is 11.5 Å². The fourth-order valence-corrected chi connectivity index (χ4v) is 2.00. The van der Waals surface area contributed by atoms with E-state index in [1.165, 1.54) is 0 Å². The molecule has 1 spiro atoms. The highest BCUT2D eigenvalue weighted by Gasteiger charge is 2.38. The fraction of sp³-hybridized carbons (Fsp3) is 0.333. The van der Waals surface area contributed by atoms with E-state index in [1.807, 2.05) is 24.3 Å². The predicted molar refractivity (Wildman–Crippen MR) is 57.7 cm³/mol. The number of carbonyl (C=O) groups is 1. The molecule has 0 unspecified atom stereocenters. The van der Waals surface area contributed by atoms with Crippen LogP contribution in [0.3, 0.4) is 0 Å². The largest absolute Gasteiger partial charge is 0.410 e. The Hall–Kier alpha value is -1.48. The van der Waals surface area contributed by atoms with E-state index in [0.717, 1.165) is 6.10 Å². The summed E-state index contributed by atoms with van der Waals surface area (Å²) in [5.41, 5.74) is 0.307. The first kappa shape index (κ1) is 10.1. The second-order valence-electron chi connectivity index (χ2n) is 3.95. The van der Waals surface area contributed by atoms with Crippen LogP contribution in [-0.4, -0.2) is 31.5 Å². The maximum Gasteiger partial charge on any atom is 0.248 e. The average Bonchev–Trinajstić information content (AvgIpc) is 2.45. The number of amides is 1. The molecule has 0 saturated carbocycles. The molecule has 1 amide bonds. The summed E-state index contributed by atoms with van der Waals surface area (Å²) >= 11 is 0. The number of hydrogen-bond donors (Lipinski definition) is 0. The Morgan fingerprint density at radius 2 is 2.13 bits per heavy atom. The van der Waals surface area contributed by atoms with Gasteiger partial charge in [0, 0.05) is 26.3 Å². The molecule has 1 aliphatic heterocycles. The quantitative estimate of drug-likeness (QED) is 0.476. The van der Waals surface area contributed by atoms with Gasteiger partial charge >= 0.3 is 0 Å². The molecule has 3 nitrogen and oxygen atoms in total. The molecule has 15 heavy (non-hydrogen) atoms. The molecule has 0 aromatic rings. The number of methoxy groups -OCH3 is 1. The molecular formula is C12H14NO2-. The molecule has 0 aromatic carbocycles. The second kappa shape index (κ2) is 3.28. The third kappa shape index (κ3) is 1.39. The van der Waals surface area contributed by atoms with E-state index in [0.29, 0.717) is 12.1 Å². The van der Waals surface area contributed by atoms with Crippen molar-refractivity contribution < 1.29 is 9.53 Å². The zero-order valence-corrected chi connectivity index (χ0v) is 8.99. The summed E-state index contributed by atoms with van der Waals surface area (Å²) in [7, 11) is 3.42. The Balaban J connectivity index is 2.28. The molecule has 0 atom stereocenters. The Morgan fingerprint density at radius 1 is 1.53 bits per heavy atom. The molecule has 2 aliphatic rings. The lowest BCUT2D eigenvalue weighted by Crippen LogP contribution is -2.24. The third-order valence-corrected chi connectivity index (χ3v) is 2.99. The minimum atomic E-state index is -0.326. The van der Waals surface area contributed by atoms with Gasteiger partial charge in [0.25, 0.3) is 0 Å². The van der Waals surface area contributed by atoms with Crippen LogP contribution in [0.1, 0.15) is 0 Å². The van der Waals surface area contributed by atoms with Crippen molar-refractivity contribution in [1.82, 2.24) is 4.90 Å². The number of ether oxygens (including phenoxy) is 1. The minimum absolute atomic E-state index is 0.0187. The van der Waals surface area contributed by atoms with Gasteiger partial charge in [-0.3, -0.25) is 4.79 Å². The van der Waals surface area contributed by atoms with Crippen molar-refractivity contribution in [2.75, 3.05) is 20.7 Å². The molecule has 1 saturated heterocycles. The van der Waals surface area contributed by atoms with Crippen molar-refractivity contribution >= 4 is 5.91 Å². The Labute approximate surface area is 89.7 Å². The zero-order chi connectivity index (χ0) is 11.1. The van der Waals surface area contributed by atoms with E-state index in [1.54, 1.807) is 19.1 Å². The lowest BCUT2D eigenvalue weighted by atomic mass is 9.79. The lowest BCUT2D eigenvalue weighted by Gasteiger charge is -2.33. The van der Waals surface area contributed by atoms with Crippen LogP contribution in [-0.2, 0) is 9.53 Å². The summed E-state index contributed by atoms with van der Waals surface area (Å²) in [5.74, 6) is 0.0187. The van der Waals surface area contributed by atoms with Crippen molar-refractivity contribution in [2.24, 2.45) is 5.41 Å². The van der Waals surface area contributed by atoms with Crippen molar-refractivity contribution in [3.05, 3.63) is 42.6 Å². The standard InChI is InChI=1S/C12H14NO2/c1-9-11(14)13(2)8-12(9)6-4-10(15-3)5-7-12/h4-7H,1,8H2,2-3H3/q-1. The second-order valence-corrected chi connectivity index (χ2v) is 3.95. The highest BCUT2D eigenvalue weighted by atomic mass is 16.5. The summed E-state index contributed by atoms with van der Waals surface area (Å²) < 4.78 is 5.10. The molecule has 0 aromatic heterocycles. The SMILES string of the molecule is C=C1C(=O)N(C)CC12C=C[C-](OC)C=C2. The monoisotopic (exact) mass is 204 g/mol. The molecule has 1 heterocycles. The van der Waals surface area contributed by atoms with Crippen molar-refractivity contribution in [3.8, 4) is 0 Å². The number of nitrogens with zero attached hydrogens (tertiary/aromatic N) is 1. The van der Waals surface area contributed by atoms with Gasteiger partial charge in [0.1, 0.15) is 0 Å². The van der Waals surface area contributed by atoms with Crippen molar-refractivity contribution in [3.63, 3.8) is 0 Å². The van der Waals surface area contributed by atoms with Gasteiger partial charge in [0.05, 0.1) is 0 Å². The first-order chi connectivity index (χ1) is 7.09. The van der Waals surface area contributed by atoms with Gasteiger partial charge in [-0.05, 0) is 11.5 Å². The Bertz CT molecular complexity index is 354. The summed E-state index contributed by atoms with van der Waals surface area (Å²) in [5, 5.41) is 0. The topological polar surface area (TPSA) is 29.5 Å². The molecule has 3 heteroatoms. The summed E-state index contributed by atoms with van der Waals surface area (Å²) in [6, 6.07) is 0. The average molecular weight is 204 g/mol. The number of likely N-dealkylation sites (N-methyl/N-ethyl adjacent to an activating group) is 1. The third-order valence-electron chi connectivity index (χ3n) is 2.99. The number of rotatable bonds is 1. The Morgan fingerprint density at radius 3 is 2.53 bits per heavy atom. The van der Waals surface area contributed by atoms with Gasteiger partial charge in [-0.1, -0.05) is 6.58 Å². The molecule has 1 fully saturated rings. The van der Waals surface area contributed by atoms with Crippen LogP contribution in [0.25, 0.3) is 0 Å². The Kier molecular flexibility index (Phi) is 2.20. The van der Waals surface area contributed by atoms with Gasteiger partial charge in [0.2, 0.25) is 5.91 Å². The summed E-state index contributed by atoms with van der Waals surface area (Å²) in [6.45, 7) is 4.53. The van der Waals surface area contributed by atoms with Crippen LogP contribution in [0.15, 0.2) is 36.5 Å². The number of hydrogen-bond acceptors (Lipinski definition) is 2. The van der Waals surface area contributed by atoms with E-state index in [2.05, 4.69) is 6.58 Å². The first-order valence-electron chi connectivity index (χ1n) is 4.83. The predicted octanol–water partition coefficient (Wildman–Crippen LogP) is 1.31. The van der Waals surface area contributed by atoms with Crippen LogP contribution in [0.4, 0.5) is 0 Å². The van der Waals surface area contributed by atoms with Crippen LogP contribution < -0.4 is 0 Å². The van der Waals surface area contributed by atoms with Gasteiger partial charge in [-0.2, -0.15) is 12.2 Å². The van der Waals surface area contributed by atoms with Gasteiger partial charge < -0.3 is 9.64 Å². The molecular weight excluding hydrogens is 190 g/mol. The number of carbonyl (C=O) groups excluding carboxylic acids is 1. The van der Waals surface area contributed by atoms with Gasteiger partial charge in [0.15, 0.2) is 0 Å². The van der Waals surface area contributed by atoms with Crippen molar-refractivity contribution in [1.29, 1.82) is 0 Å². The van der Waals surface area contributed by atoms with E-state index < -0.39 is 0 Å². The van der Waals surface area contributed by atoms with E-state index in [-0.39, 0.29) is 11.3 Å². The smallest absolute Gasteiger partial charge is 0.248 e. The fourth-order valence-electron chi connectivity index (χ4n) is 2.00. The molecule has 0 radical (unpaired) electrons. The first-order valence-corrected chi connectivity index (χ1v) is 4.83. The molecule has 1 aliphatic carbocycles. The maximum atomic E-state index is 11.7. The van der Waals surface area contributed by atoms with E-state index in [4.69, 9.17) is 4.74 Å². The normalized spacial score (nSPS) is 23.3. The van der Waals surface area contributed by atoms with Gasteiger partial charge in [-0.15, -0.1) is 12.2 Å². The lowest BCUT2D eigenvalue weighted by molar-refractivity contribution is -0.123. The van der Waals surface area contributed by atoms with Crippen molar-refractivity contribution in [2.45, 2.75) is 0 Å². The number of likely N-dealkylation sites (tertiary alicyclic amines) is 1. The molecule has 0 N–H and O–H groups in total. The zero-order valence-electron chi connectivity index (χ0n) is 8.99. The maximum absolute atomic E-state index is 11.7. The highest BCUT2D eigenvalue weighted by Crippen LogP contribution is 2.40. The summed E-state index contributed by atoms with van der Waals surface area (Å²) in [6.07, 6.45) is 8.54. The molecule has 0 bridgehead atoms. The molecule has 80 valence electrons. The minimum Gasteiger partial charge on any atom is -0.410 e. The van der Waals surface area contributed by atoms with Crippen LogP contribution in [0.5, 0.6) is 0 Å². The van der Waals surface area contributed by atoms with E-state index in [9.17, 15) is 4.79 Å². The van der Waals surface area contributed by atoms with Crippen LogP contribution in [0.2, 0.25) is 0 Å². The van der Waals surface area contributed by atoms with Crippen LogP contribution >= 0.6 is 0 Å². The molecule has 2 rings (SSSR count). The van der Waals surface area contributed by atoms with E-state index >= 15 is 0 Å². The highest BCUT2D eigenvalue weighted by molar-refractivity contribution is 5.98.